The maximum atomic E-state index is 10.8. The van der Waals surface area contributed by atoms with E-state index in [-0.39, 0.29) is 11.8 Å². The van der Waals surface area contributed by atoms with Crippen LogP contribution in [-0.4, -0.2) is 23.8 Å². The van der Waals surface area contributed by atoms with Crippen LogP contribution in [0.2, 0.25) is 0 Å². The third kappa shape index (κ3) is 1.43. The van der Waals surface area contributed by atoms with Gasteiger partial charge in [-0.2, -0.15) is 0 Å². The zero-order valence-electron chi connectivity index (χ0n) is 6.49. The Kier molecular flexibility index (Phi) is 2.29. The molecule has 1 rings (SSSR count). The molecule has 0 aliphatic carbocycles. The van der Waals surface area contributed by atoms with Gasteiger partial charge in [0, 0.05) is 11.8 Å². The van der Waals surface area contributed by atoms with Gasteiger partial charge in [-0.05, 0) is 0 Å². The molecule has 11 heavy (non-hydrogen) atoms. The number of ether oxygens (including phenoxy) is 1. The highest BCUT2D eigenvalue weighted by Gasteiger charge is 2.34. The van der Waals surface area contributed by atoms with Crippen LogP contribution in [0.25, 0.3) is 0 Å². The fourth-order valence-electron chi connectivity index (χ4n) is 1.15. The highest BCUT2D eigenvalue weighted by atomic mass is 16.5. The lowest BCUT2D eigenvalue weighted by Crippen LogP contribution is -2.41. The van der Waals surface area contributed by atoms with E-state index < -0.39 is 12.1 Å². The Hall–Kier alpha value is -0.830. The van der Waals surface area contributed by atoms with Gasteiger partial charge in [-0.15, -0.1) is 6.58 Å². The largest absolute Gasteiger partial charge is 0.463 e. The number of esters is 1. The summed E-state index contributed by atoms with van der Waals surface area (Å²) >= 11 is 0. The molecule has 0 aromatic rings. The monoisotopic (exact) mass is 156 g/mol. The van der Waals surface area contributed by atoms with Gasteiger partial charge in [-0.3, -0.25) is 0 Å². The number of hydrogen-bond acceptors (Lipinski definition) is 3. The molecule has 3 heteroatoms. The Morgan fingerprint density at radius 2 is 2.45 bits per heavy atom. The number of hydrogen-bond donors (Lipinski definition) is 1. The Balaban J connectivity index is 2.66. The summed E-state index contributed by atoms with van der Waals surface area (Å²) in [5.74, 6) is -0.507. The van der Waals surface area contributed by atoms with Crippen LogP contribution < -0.4 is 0 Å². The smallest absolute Gasteiger partial charge is 0.335 e. The quantitative estimate of drug-likeness (QED) is 0.440. The molecule has 0 radical (unpaired) electrons. The van der Waals surface area contributed by atoms with Gasteiger partial charge in [-0.25, -0.2) is 4.79 Å². The van der Waals surface area contributed by atoms with Crippen LogP contribution in [0.4, 0.5) is 0 Å². The fraction of sp³-hybridized carbons (Fsp3) is 0.625. The lowest BCUT2D eigenvalue weighted by Gasteiger charge is -2.29. The molecule has 1 N–H and O–H groups in total. The summed E-state index contributed by atoms with van der Waals surface area (Å²) in [6, 6.07) is 0. The molecule has 0 unspecified atom stereocenters. The maximum absolute atomic E-state index is 10.8. The van der Waals surface area contributed by atoms with E-state index in [1.165, 1.54) is 0 Å². The molecule has 3 nitrogen and oxygen atoms in total. The van der Waals surface area contributed by atoms with Gasteiger partial charge in [0.05, 0.1) is 6.61 Å². The van der Waals surface area contributed by atoms with E-state index in [0.717, 1.165) is 0 Å². The van der Waals surface area contributed by atoms with Gasteiger partial charge in [0.25, 0.3) is 0 Å². The van der Waals surface area contributed by atoms with Crippen LogP contribution in [0.1, 0.15) is 6.92 Å². The molecule has 3 atom stereocenters. The summed E-state index contributed by atoms with van der Waals surface area (Å²) in [5, 5.41) is 9.23. The van der Waals surface area contributed by atoms with E-state index in [4.69, 9.17) is 4.74 Å². The van der Waals surface area contributed by atoms with Gasteiger partial charge < -0.3 is 9.84 Å². The number of carbonyl (C=O) groups is 1. The lowest BCUT2D eigenvalue weighted by atomic mass is 9.88. The van der Waals surface area contributed by atoms with Crippen molar-refractivity contribution in [2.75, 3.05) is 6.61 Å². The summed E-state index contributed by atoms with van der Waals surface area (Å²) in [4.78, 5) is 10.8. The van der Waals surface area contributed by atoms with E-state index >= 15 is 0 Å². The number of rotatable bonds is 1. The van der Waals surface area contributed by atoms with Crippen molar-refractivity contribution in [2.24, 2.45) is 11.8 Å². The van der Waals surface area contributed by atoms with Gasteiger partial charge in [0.1, 0.15) is 0 Å². The molecule has 0 saturated carbocycles. The SMILES string of the molecule is C=C[C@H]1COC(=O)[C@@H](O)[C@H]1C. The van der Waals surface area contributed by atoms with Crippen LogP contribution in [0, 0.1) is 11.8 Å². The Bertz CT molecular complexity index is 174. The summed E-state index contributed by atoms with van der Waals surface area (Å²) in [6.45, 7) is 5.76. The highest BCUT2D eigenvalue weighted by Crippen LogP contribution is 2.22. The summed E-state index contributed by atoms with van der Waals surface area (Å²) < 4.78 is 4.70. The zero-order valence-corrected chi connectivity index (χ0v) is 6.49. The third-order valence-corrected chi connectivity index (χ3v) is 2.14. The Morgan fingerprint density at radius 3 is 3.00 bits per heavy atom. The van der Waals surface area contributed by atoms with Crippen molar-refractivity contribution in [1.29, 1.82) is 0 Å². The lowest BCUT2D eigenvalue weighted by molar-refractivity contribution is -0.166. The second-order valence-corrected chi connectivity index (χ2v) is 2.83. The van der Waals surface area contributed by atoms with Crippen LogP contribution >= 0.6 is 0 Å². The molecular formula is C8H12O3. The van der Waals surface area contributed by atoms with Crippen molar-refractivity contribution < 1.29 is 14.6 Å². The standard InChI is InChI=1S/C8H12O3/c1-3-6-4-11-8(10)7(9)5(6)2/h3,5-7,9H,1,4H2,2H3/t5-,6-,7-/m0/s1. The number of aliphatic hydroxyl groups is 1. The molecule has 0 aromatic heterocycles. The number of cyclic esters (lactones) is 1. The van der Waals surface area contributed by atoms with Crippen molar-refractivity contribution in [2.45, 2.75) is 13.0 Å². The molecule has 62 valence electrons. The molecule has 1 aliphatic heterocycles. The molecule has 1 heterocycles. The van der Waals surface area contributed by atoms with Crippen molar-refractivity contribution in [3.8, 4) is 0 Å². The van der Waals surface area contributed by atoms with E-state index in [9.17, 15) is 9.90 Å². The van der Waals surface area contributed by atoms with Crippen LogP contribution in [0.3, 0.4) is 0 Å². The number of carbonyl (C=O) groups excluding carboxylic acids is 1. The van der Waals surface area contributed by atoms with Crippen LogP contribution in [0.15, 0.2) is 12.7 Å². The first-order valence-corrected chi connectivity index (χ1v) is 3.64. The van der Waals surface area contributed by atoms with Crippen LogP contribution in [0.5, 0.6) is 0 Å². The fourth-order valence-corrected chi connectivity index (χ4v) is 1.15. The molecule has 1 fully saturated rings. The average molecular weight is 156 g/mol. The normalized spacial score (nSPS) is 38.0. The maximum Gasteiger partial charge on any atom is 0.335 e. The van der Waals surface area contributed by atoms with Crippen LogP contribution in [-0.2, 0) is 9.53 Å². The predicted octanol–water partition coefficient (Wildman–Crippen LogP) is 0.342. The van der Waals surface area contributed by atoms with E-state index in [1.54, 1.807) is 6.08 Å². The molecular weight excluding hydrogens is 144 g/mol. The molecule has 0 spiro atoms. The minimum Gasteiger partial charge on any atom is -0.463 e. The minimum absolute atomic E-state index is 0.0752. The highest BCUT2D eigenvalue weighted by molar-refractivity contribution is 5.75. The van der Waals surface area contributed by atoms with E-state index in [0.29, 0.717) is 6.61 Å². The summed E-state index contributed by atoms with van der Waals surface area (Å²) in [5.41, 5.74) is 0. The Labute approximate surface area is 65.7 Å². The molecule has 1 aliphatic rings. The first-order chi connectivity index (χ1) is 5.16. The van der Waals surface area contributed by atoms with Crippen molar-refractivity contribution in [3.63, 3.8) is 0 Å². The van der Waals surface area contributed by atoms with Gasteiger partial charge in [0.15, 0.2) is 6.10 Å². The first-order valence-electron chi connectivity index (χ1n) is 3.64. The predicted molar refractivity (Wildman–Crippen MR) is 39.8 cm³/mol. The summed E-state index contributed by atoms with van der Waals surface area (Å²) in [6.07, 6.45) is 0.729. The van der Waals surface area contributed by atoms with Gasteiger partial charge >= 0.3 is 5.97 Å². The molecule has 0 aromatic carbocycles. The van der Waals surface area contributed by atoms with Crippen molar-refractivity contribution in [1.82, 2.24) is 0 Å². The molecule has 0 amide bonds. The van der Waals surface area contributed by atoms with Crippen molar-refractivity contribution in [3.05, 3.63) is 12.7 Å². The van der Waals surface area contributed by atoms with E-state index in [2.05, 4.69) is 6.58 Å². The van der Waals surface area contributed by atoms with Crippen molar-refractivity contribution >= 4 is 5.97 Å². The number of aliphatic hydroxyl groups excluding tert-OH is 1. The second kappa shape index (κ2) is 3.05. The third-order valence-electron chi connectivity index (χ3n) is 2.14. The minimum atomic E-state index is -0.980. The summed E-state index contributed by atoms with van der Waals surface area (Å²) in [7, 11) is 0. The molecule has 1 saturated heterocycles. The van der Waals surface area contributed by atoms with Gasteiger partial charge in [0.2, 0.25) is 0 Å². The topological polar surface area (TPSA) is 46.5 Å². The second-order valence-electron chi connectivity index (χ2n) is 2.83. The first kappa shape index (κ1) is 8.27. The van der Waals surface area contributed by atoms with E-state index in [1.807, 2.05) is 6.92 Å². The van der Waals surface area contributed by atoms with Gasteiger partial charge in [-0.1, -0.05) is 13.0 Å². The molecule has 0 bridgehead atoms. The zero-order chi connectivity index (χ0) is 8.43. The Morgan fingerprint density at radius 1 is 1.82 bits per heavy atom. The average Bonchev–Trinajstić information content (AvgIpc) is 2.01.